The largest absolute Gasteiger partial charge is 0.374 e. The van der Waals surface area contributed by atoms with Crippen LogP contribution in [0.2, 0.25) is 0 Å². The topological polar surface area (TPSA) is 24.5 Å². The van der Waals surface area contributed by atoms with Crippen LogP contribution < -0.4 is 5.32 Å². The van der Waals surface area contributed by atoms with E-state index < -0.39 is 0 Å². The zero-order valence-corrected chi connectivity index (χ0v) is 11.7. The van der Waals surface area contributed by atoms with Crippen LogP contribution in [0.15, 0.2) is 0 Å². The molecule has 0 bridgehead atoms. The monoisotopic (exact) mass is 240 g/mol. The molecule has 2 rings (SSSR count). The summed E-state index contributed by atoms with van der Waals surface area (Å²) in [5.74, 6) is 0.844. The van der Waals surface area contributed by atoms with Gasteiger partial charge in [0, 0.05) is 19.2 Å². The number of nitrogens with one attached hydrogen (secondary N) is 1. The van der Waals surface area contributed by atoms with E-state index in [0.29, 0.717) is 6.04 Å². The van der Waals surface area contributed by atoms with Crippen LogP contribution in [0, 0.1) is 5.92 Å². The van der Waals surface area contributed by atoms with Crippen molar-refractivity contribution in [2.24, 2.45) is 5.92 Å². The van der Waals surface area contributed by atoms with E-state index in [1.807, 2.05) is 0 Å². The first kappa shape index (κ1) is 13.3. The van der Waals surface area contributed by atoms with Gasteiger partial charge in [0.25, 0.3) is 0 Å². The molecule has 0 aliphatic carbocycles. The molecule has 3 heteroatoms. The van der Waals surface area contributed by atoms with E-state index in [4.69, 9.17) is 4.74 Å². The highest BCUT2D eigenvalue weighted by Gasteiger charge is 2.31. The van der Waals surface area contributed by atoms with Crippen molar-refractivity contribution >= 4 is 0 Å². The zero-order valence-electron chi connectivity index (χ0n) is 11.7. The zero-order chi connectivity index (χ0) is 12.3. The molecule has 2 aliphatic heterocycles. The number of nitrogens with zero attached hydrogens (tertiary/aromatic N) is 1. The average molecular weight is 240 g/mol. The first-order valence-electron chi connectivity index (χ1n) is 7.15. The van der Waals surface area contributed by atoms with E-state index in [-0.39, 0.29) is 5.60 Å². The van der Waals surface area contributed by atoms with Crippen molar-refractivity contribution in [1.82, 2.24) is 10.2 Å². The van der Waals surface area contributed by atoms with Gasteiger partial charge in [-0.15, -0.1) is 0 Å². The van der Waals surface area contributed by atoms with Crippen molar-refractivity contribution in [3.05, 3.63) is 0 Å². The first-order chi connectivity index (χ1) is 8.09. The van der Waals surface area contributed by atoms with Crippen molar-refractivity contribution in [1.29, 1.82) is 0 Å². The van der Waals surface area contributed by atoms with E-state index in [0.717, 1.165) is 19.1 Å². The fourth-order valence-corrected chi connectivity index (χ4v) is 3.05. The van der Waals surface area contributed by atoms with Crippen LogP contribution in [0.3, 0.4) is 0 Å². The van der Waals surface area contributed by atoms with Crippen molar-refractivity contribution in [2.75, 3.05) is 33.3 Å². The summed E-state index contributed by atoms with van der Waals surface area (Å²) in [5, 5.41) is 3.71. The van der Waals surface area contributed by atoms with E-state index in [1.54, 1.807) is 0 Å². The minimum absolute atomic E-state index is 0.0969. The number of hydrogen-bond acceptors (Lipinski definition) is 3. The minimum atomic E-state index is 0.0969. The Kier molecular flexibility index (Phi) is 4.45. The van der Waals surface area contributed by atoms with Gasteiger partial charge in [0.1, 0.15) is 0 Å². The van der Waals surface area contributed by atoms with Gasteiger partial charge in [-0.25, -0.2) is 0 Å². The molecule has 0 aromatic heterocycles. The second kappa shape index (κ2) is 5.68. The molecule has 0 radical (unpaired) electrons. The SMILES string of the molecule is CC(NCC1(C)CCCO1)C1CCN(C)CC1. The maximum atomic E-state index is 5.82. The number of likely N-dealkylation sites (tertiary alicyclic amines) is 1. The molecule has 17 heavy (non-hydrogen) atoms. The van der Waals surface area contributed by atoms with Crippen molar-refractivity contribution < 1.29 is 4.74 Å². The van der Waals surface area contributed by atoms with Crippen LogP contribution in [0.1, 0.15) is 39.5 Å². The Morgan fingerprint density at radius 3 is 2.71 bits per heavy atom. The van der Waals surface area contributed by atoms with E-state index >= 15 is 0 Å². The number of ether oxygens (including phenoxy) is 1. The summed E-state index contributed by atoms with van der Waals surface area (Å²) in [7, 11) is 2.22. The molecule has 3 nitrogen and oxygen atoms in total. The Morgan fingerprint density at radius 2 is 2.12 bits per heavy atom. The third-order valence-corrected chi connectivity index (χ3v) is 4.57. The van der Waals surface area contributed by atoms with Gasteiger partial charge in [0.15, 0.2) is 0 Å². The molecule has 1 N–H and O–H groups in total. The normalized spacial score (nSPS) is 34.1. The molecule has 2 aliphatic rings. The van der Waals surface area contributed by atoms with Crippen LogP contribution in [0.4, 0.5) is 0 Å². The molecule has 2 fully saturated rings. The highest BCUT2D eigenvalue weighted by atomic mass is 16.5. The predicted octanol–water partition coefficient (Wildman–Crippen LogP) is 1.88. The van der Waals surface area contributed by atoms with Gasteiger partial charge >= 0.3 is 0 Å². The van der Waals surface area contributed by atoms with Gasteiger partial charge in [-0.1, -0.05) is 0 Å². The van der Waals surface area contributed by atoms with Crippen molar-refractivity contribution in [3.63, 3.8) is 0 Å². The number of rotatable bonds is 4. The van der Waals surface area contributed by atoms with Crippen LogP contribution in [-0.2, 0) is 4.74 Å². The molecule has 0 saturated carbocycles. The molecular weight excluding hydrogens is 212 g/mol. The van der Waals surface area contributed by atoms with Crippen molar-refractivity contribution in [3.8, 4) is 0 Å². The second-order valence-corrected chi connectivity index (χ2v) is 6.21. The van der Waals surface area contributed by atoms with E-state index in [2.05, 4.69) is 31.1 Å². The van der Waals surface area contributed by atoms with Crippen LogP contribution in [-0.4, -0.2) is 49.8 Å². The average Bonchev–Trinajstić information content (AvgIpc) is 2.75. The molecule has 2 heterocycles. The van der Waals surface area contributed by atoms with E-state index in [9.17, 15) is 0 Å². The van der Waals surface area contributed by atoms with Gasteiger partial charge in [-0.2, -0.15) is 0 Å². The van der Waals surface area contributed by atoms with Gasteiger partial charge in [0.2, 0.25) is 0 Å². The fourth-order valence-electron chi connectivity index (χ4n) is 3.05. The van der Waals surface area contributed by atoms with Gasteiger partial charge in [-0.3, -0.25) is 0 Å². The van der Waals surface area contributed by atoms with Gasteiger partial charge in [-0.05, 0) is 65.6 Å². The fraction of sp³-hybridized carbons (Fsp3) is 1.00. The summed E-state index contributed by atoms with van der Waals surface area (Å²) in [6.45, 7) is 9.05. The lowest BCUT2D eigenvalue weighted by Crippen LogP contribution is -2.46. The quantitative estimate of drug-likeness (QED) is 0.812. The van der Waals surface area contributed by atoms with Crippen LogP contribution in [0.25, 0.3) is 0 Å². The summed E-state index contributed by atoms with van der Waals surface area (Å²) < 4.78 is 5.82. The van der Waals surface area contributed by atoms with Gasteiger partial charge < -0.3 is 15.0 Å². The second-order valence-electron chi connectivity index (χ2n) is 6.21. The molecule has 2 saturated heterocycles. The van der Waals surface area contributed by atoms with Crippen LogP contribution in [0.5, 0.6) is 0 Å². The summed E-state index contributed by atoms with van der Waals surface area (Å²) >= 11 is 0. The summed E-state index contributed by atoms with van der Waals surface area (Å²) in [6.07, 6.45) is 5.10. The molecule has 0 amide bonds. The summed E-state index contributed by atoms with van der Waals surface area (Å²) in [5.41, 5.74) is 0.0969. The Bertz CT molecular complexity index is 230. The minimum Gasteiger partial charge on any atom is -0.374 e. The predicted molar refractivity (Wildman–Crippen MR) is 71.3 cm³/mol. The third-order valence-electron chi connectivity index (χ3n) is 4.57. The molecular formula is C14H28N2O. The maximum absolute atomic E-state index is 5.82. The summed E-state index contributed by atoms with van der Waals surface area (Å²) in [4.78, 5) is 2.44. The molecule has 2 unspecified atom stereocenters. The van der Waals surface area contributed by atoms with E-state index in [1.165, 1.54) is 38.8 Å². The third kappa shape index (κ3) is 3.67. The smallest absolute Gasteiger partial charge is 0.0779 e. The molecule has 2 atom stereocenters. The standard InChI is InChI=1S/C14H28N2O/c1-12(13-5-8-16(3)9-6-13)15-11-14(2)7-4-10-17-14/h12-13,15H,4-11H2,1-3H3. The lowest BCUT2D eigenvalue weighted by Gasteiger charge is -2.35. The highest BCUT2D eigenvalue weighted by Crippen LogP contribution is 2.25. The molecule has 0 aromatic carbocycles. The Hall–Kier alpha value is -0.120. The van der Waals surface area contributed by atoms with Crippen molar-refractivity contribution in [2.45, 2.75) is 51.2 Å². The maximum Gasteiger partial charge on any atom is 0.0779 e. The molecule has 0 spiro atoms. The number of piperidine rings is 1. The Labute approximate surface area is 106 Å². The van der Waals surface area contributed by atoms with Gasteiger partial charge in [0.05, 0.1) is 5.60 Å². The lowest BCUT2D eigenvalue weighted by molar-refractivity contribution is 0.0166. The Balaban J connectivity index is 1.71. The number of hydrogen-bond donors (Lipinski definition) is 1. The lowest BCUT2D eigenvalue weighted by atomic mass is 9.90. The molecule has 0 aromatic rings. The van der Waals surface area contributed by atoms with Crippen LogP contribution >= 0.6 is 0 Å². The first-order valence-corrected chi connectivity index (χ1v) is 7.15. The summed E-state index contributed by atoms with van der Waals surface area (Å²) in [6, 6.07) is 0.629. The molecule has 100 valence electrons. The Morgan fingerprint density at radius 1 is 1.41 bits per heavy atom. The highest BCUT2D eigenvalue weighted by molar-refractivity contribution is 4.86.